The van der Waals surface area contributed by atoms with Gasteiger partial charge in [-0.05, 0) is 50.1 Å². The maximum absolute atomic E-state index is 4.77. The van der Waals surface area contributed by atoms with Crippen LogP contribution in [0.1, 0.15) is 36.2 Å². The van der Waals surface area contributed by atoms with Crippen molar-refractivity contribution in [3.8, 4) is 10.6 Å². The summed E-state index contributed by atoms with van der Waals surface area (Å²) in [6.45, 7) is 8.67. The molecule has 3 aromatic heterocycles. The number of anilines is 1. The van der Waals surface area contributed by atoms with Crippen LogP contribution >= 0.6 is 11.3 Å². The summed E-state index contributed by atoms with van der Waals surface area (Å²) >= 11 is 1.86. The van der Waals surface area contributed by atoms with Gasteiger partial charge in [0.25, 0.3) is 0 Å². The number of aromatic amines is 2. The van der Waals surface area contributed by atoms with E-state index in [9.17, 15) is 0 Å². The number of thiophene rings is 1. The summed E-state index contributed by atoms with van der Waals surface area (Å²) in [6, 6.07) is 8.95. The smallest absolute Gasteiger partial charge is 0.249 e. The first-order valence-corrected chi connectivity index (χ1v) is 10.6. The molecule has 1 fully saturated rings. The monoisotopic (exact) mass is 377 g/mol. The first-order chi connectivity index (χ1) is 13.1. The second-order valence-corrected chi connectivity index (χ2v) is 8.77. The molecule has 0 amide bonds. The van der Waals surface area contributed by atoms with Crippen LogP contribution < -0.4 is 9.88 Å². The van der Waals surface area contributed by atoms with Crippen molar-refractivity contribution < 1.29 is 4.98 Å². The normalized spacial score (nSPS) is 15.1. The van der Waals surface area contributed by atoms with Crippen LogP contribution in [0.4, 0.5) is 5.82 Å². The highest BCUT2D eigenvalue weighted by molar-refractivity contribution is 7.22. The highest BCUT2D eigenvalue weighted by Crippen LogP contribution is 2.39. The molecule has 0 aliphatic carbocycles. The van der Waals surface area contributed by atoms with Gasteiger partial charge in [-0.15, -0.1) is 16.3 Å². The third-order valence-corrected chi connectivity index (χ3v) is 6.94. The van der Waals surface area contributed by atoms with Gasteiger partial charge in [0, 0.05) is 17.7 Å². The summed E-state index contributed by atoms with van der Waals surface area (Å²) in [5.41, 5.74) is 6.02. The number of rotatable bonds is 2. The Morgan fingerprint density at radius 2 is 1.89 bits per heavy atom. The van der Waals surface area contributed by atoms with E-state index in [1.165, 1.54) is 56.9 Å². The van der Waals surface area contributed by atoms with Crippen molar-refractivity contribution >= 4 is 38.3 Å². The van der Waals surface area contributed by atoms with Crippen LogP contribution in [0, 0.1) is 20.8 Å². The van der Waals surface area contributed by atoms with Crippen LogP contribution in [-0.2, 0) is 0 Å². The zero-order valence-electron chi connectivity index (χ0n) is 16.1. The minimum absolute atomic E-state index is 0.970. The predicted molar refractivity (Wildman–Crippen MR) is 114 cm³/mol. The summed E-state index contributed by atoms with van der Waals surface area (Å²) in [6.07, 6.45) is 3.86. The van der Waals surface area contributed by atoms with E-state index in [1.807, 2.05) is 18.3 Å². The highest BCUT2D eigenvalue weighted by Gasteiger charge is 2.24. The maximum atomic E-state index is 4.77. The Hall–Kier alpha value is -2.40. The highest BCUT2D eigenvalue weighted by atomic mass is 32.1. The van der Waals surface area contributed by atoms with E-state index in [0.717, 1.165) is 29.9 Å². The fraction of sp³-hybridized carbons (Fsp3) is 0.364. The molecular formula is C22H25N4S+. The van der Waals surface area contributed by atoms with Crippen LogP contribution in [0.25, 0.3) is 31.7 Å². The van der Waals surface area contributed by atoms with Gasteiger partial charge in [-0.2, -0.15) is 0 Å². The molecule has 138 valence electrons. The predicted octanol–water partition coefficient (Wildman–Crippen LogP) is 5.17. The Labute approximate surface area is 163 Å². The number of fused-ring (bicyclic) bond motifs is 2. The molecule has 0 saturated carbocycles. The number of H-pyrrole nitrogens is 2. The van der Waals surface area contributed by atoms with Crippen molar-refractivity contribution in [2.75, 3.05) is 18.0 Å². The Balaban J connectivity index is 1.68. The molecule has 27 heavy (non-hydrogen) atoms. The number of nitrogens with one attached hydrogen (secondary N) is 2. The first-order valence-electron chi connectivity index (χ1n) is 9.78. The zero-order valence-corrected chi connectivity index (χ0v) is 17.0. The van der Waals surface area contributed by atoms with Gasteiger partial charge in [0.05, 0.1) is 23.7 Å². The number of hydrogen-bond donors (Lipinski definition) is 1. The molecular weight excluding hydrogens is 352 g/mol. The minimum Gasteiger partial charge on any atom is -0.346 e. The number of benzene rings is 1. The van der Waals surface area contributed by atoms with Gasteiger partial charge in [0.2, 0.25) is 11.6 Å². The zero-order chi connectivity index (χ0) is 18.5. The van der Waals surface area contributed by atoms with E-state index in [-0.39, 0.29) is 0 Å². The molecule has 5 rings (SSSR count). The molecule has 0 spiro atoms. The fourth-order valence-corrected chi connectivity index (χ4v) is 5.38. The summed E-state index contributed by atoms with van der Waals surface area (Å²) in [5, 5.41) is 1.36. The Morgan fingerprint density at radius 3 is 2.70 bits per heavy atom. The average Bonchev–Trinajstić information content (AvgIpc) is 3.23. The third-order valence-electron chi connectivity index (χ3n) is 5.63. The first kappa shape index (κ1) is 16.8. The van der Waals surface area contributed by atoms with Gasteiger partial charge < -0.3 is 4.98 Å². The molecule has 2 N–H and O–H groups in total. The second-order valence-electron chi connectivity index (χ2n) is 7.72. The van der Waals surface area contributed by atoms with E-state index in [2.05, 4.69) is 53.0 Å². The average molecular weight is 378 g/mol. The van der Waals surface area contributed by atoms with Crippen LogP contribution in [-0.4, -0.2) is 23.1 Å². The lowest BCUT2D eigenvalue weighted by Crippen LogP contribution is -2.35. The van der Waals surface area contributed by atoms with Crippen molar-refractivity contribution in [2.45, 2.75) is 40.0 Å². The van der Waals surface area contributed by atoms with E-state index in [4.69, 9.17) is 4.98 Å². The standard InChI is InChI=1S/C22H24N4S/c1-13-7-8-19-16(11-13)14(2)21(27-19)18-12-17-20(25-18)22(24-15(3)23-17)26-9-5-4-6-10-26/h7-8,11-12,25H,4-6,9-10H2,1-3H3/p+1. The fourth-order valence-electron chi connectivity index (χ4n) is 4.22. The number of nitrogens with zero attached hydrogens (tertiary/aromatic N) is 2. The molecule has 0 bridgehead atoms. The summed E-state index contributed by atoms with van der Waals surface area (Å²) in [7, 11) is 0. The van der Waals surface area contributed by atoms with Crippen LogP contribution in [0.2, 0.25) is 0 Å². The molecule has 0 unspecified atom stereocenters. The number of piperidine rings is 1. The topological polar surface area (TPSA) is 46.1 Å². The van der Waals surface area contributed by atoms with Gasteiger partial charge in [-0.1, -0.05) is 17.7 Å². The van der Waals surface area contributed by atoms with Gasteiger partial charge in [0.15, 0.2) is 11.0 Å². The molecule has 1 aliphatic heterocycles. The SMILES string of the molecule is Cc1ccc2sc(-c3cc4nc(C)[nH+]c(N5CCCCC5)c4[nH]3)c(C)c2c1. The van der Waals surface area contributed by atoms with Crippen molar-refractivity contribution in [3.63, 3.8) is 0 Å². The maximum Gasteiger partial charge on any atom is 0.249 e. The second kappa shape index (κ2) is 6.34. The molecule has 1 aliphatic rings. The number of hydrogen-bond acceptors (Lipinski definition) is 3. The van der Waals surface area contributed by atoms with Crippen LogP contribution in [0.5, 0.6) is 0 Å². The Kier molecular flexibility index (Phi) is 3.93. The van der Waals surface area contributed by atoms with E-state index < -0.39 is 0 Å². The molecule has 1 aromatic carbocycles. The van der Waals surface area contributed by atoms with Gasteiger partial charge in [-0.25, -0.2) is 4.98 Å². The van der Waals surface area contributed by atoms with E-state index in [0.29, 0.717) is 0 Å². The molecule has 0 radical (unpaired) electrons. The molecule has 5 heteroatoms. The molecule has 4 aromatic rings. The molecule has 4 nitrogen and oxygen atoms in total. The Bertz CT molecular complexity index is 1150. The summed E-state index contributed by atoms with van der Waals surface area (Å²) < 4.78 is 1.35. The van der Waals surface area contributed by atoms with Gasteiger partial charge in [0.1, 0.15) is 0 Å². The van der Waals surface area contributed by atoms with Gasteiger partial charge in [-0.3, -0.25) is 4.90 Å². The van der Waals surface area contributed by atoms with E-state index in [1.54, 1.807) is 0 Å². The molecule has 4 heterocycles. The largest absolute Gasteiger partial charge is 0.346 e. The lowest BCUT2D eigenvalue weighted by atomic mass is 10.1. The quantitative estimate of drug-likeness (QED) is 0.523. The van der Waals surface area contributed by atoms with Crippen LogP contribution in [0.3, 0.4) is 0 Å². The summed E-state index contributed by atoms with van der Waals surface area (Å²) in [4.78, 5) is 15.8. The summed E-state index contributed by atoms with van der Waals surface area (Å²) in [5.74, 6) is 2.16. The van der Waals surface area contributed by atoms with Crippen molar-refractivity contribution in [1.29, 1.82) is 0 Å². The van der Waals surface area contributed by atoms with Gasteiger partial charge >= 0.3 is 0 Å². The minimum atomic E-state index is 0.970. The lowest BCUT2D eigenvalue weighted by Gasteiger charge is -2.23. The lowest BCUT2D eigenvalue weighted by molar-refractivity contribution is -0.377. The number of aromatic nitrogens is 3. The van der Waals surface area contributed by atoms with Crippen molar-refractivity contribution in [1.82, 2.24) is 9.97 Å². The van der Waals surface area contributed by atoms with E-state index >= 15 is 0 Å². The van der Waals surface area contributed by atoms with Crippen molar-refractivity contribution in [2.24, 2.45) is 0 Å². The third kappa shape index (κ3) is 2.81. The molecule has 0 atom stereocenters. The molecule has 1 saturated heterocycles. The number of aryl methyl sites for hydroxylation is 3. The van der Waals surface area contributed by atoms with Crippen molar-refractivity contribution in [3.05, 3.63) is 41.2 Å². The Morgan fingerprint density at radius 1 is 1.07 bits per heavy atom. The van der Waals surface area contributed by atoms with Crippen LogP contribution in [0.15, 0.2) is 24.3 Å².